The van der Waals surface area contributed by atoms with E-state index in [4.69, 9.17) is 9.47 Å². The van der Waals surface area contributed by atoms with E-state index in [9.17, 15) is 0 Å². The normalized spacial score (nSPS) is 10.6. The molecule has 3 aromatic rings. The van der Waals surface area contributed by atoms with E-state index in [1.165, 1.54) is 10.8 Å². The van der Waals surface area contributed by atoms with Gasteiger partial charge in [0.1, 0.15) is 18.1 Å². The number of nitrogens with one attached hydrogen (secondary N) is 1. The van der Waals surface area contributed by atoms with Gasteiger partial charge in [0.2, 0.25) is 0 Å². The summed E-state index contributed by atoms with van der Waals surface area (Å²) in [5, 5.41) is 5.72. The molecule has 3 heteroatoms. The predicted molar refractivity (Wildman–Crippen MR) is 100 cm³/mol. The molecular formula is C21H23NO2. The molecule has 3 aromatic carbocycles. The molecule has 0 fully saturated rings. The SMILES string of the molecule is CCNc1ccc2cc(OCc3ccc(OCC)cc3)ccc2c1. The van der Waals surface area contributed by atoms with Crippen molar-refractivity contribution in [2.45, 2.75) is 20.5 Å². The van der Waals surface area contributed by atoms with Crippen LogP contribution < -0.4 is 14.8 Å². The molecule has 0 aliphatic rings. The second kappa shape index (κ2) is 7.73. The van der Waals surface area contributed by atoms with E-state index in [0.717, 1.165) is 29.3 Å². The van der Waals surface area contributed by atoms with Crippen molar-refractivity contribution in [2.75, 3.05) is 18.5 Å². The smallest absolute Gasteiger partial charge is 0.120 e. The van der Waals surface area contributed by atoms with Crippen molar-refractivity contribution >= 4 is 16.5 Å². The number of fused-ring (bicyclic) bond motifs is 1. The molecule has 0 bridgehead atoms. The van der Waals surface area contributed by atoms with E-state index in [0.29, 0.717) is 13.2 Å². The van der Waals surface area contributed by atoms with Crippen molar-refractivity contribution < 1.29 is 9.47 Å². The van der Waals surface area contributed by atoms with Gasteiger partial charge < -0.3 is 14.8 Å². The lowest BCUT2D eigenvalue weighted by atomic mass is 10.1. The molecule has 3 rings (SSSR count). The van der Waals surface area contributed by atoms with Gasteiger partial charge in [-0.25, -0.2) is 0 Å². The first-order valence-electron chi connectivity index (χ1n) is 8.40. The highest BCUT2D eigenvalue weighted by molar-refractivity contribution is 5.86. The third kappa shape index (κ3) is 3.99. The van der Waals surface area contributed by atoms with Crippen molar-refractivity contribution in [1.29, 1.82) is 0 Å². The molecule has 0 heterocycles. The second-order valence-corrected chi connectivity index (χ2v) is 5.62. The molecule has 0 aliphatic carbocycles. The Labute approximate surface area is 143 Å². The van der Waals surface area contributed by atoms with E-state index in [2.05, 4.69) is 42.6 Å². The van der Waals surface area contributed by atoms with Crippen LogP contribution in [0.5, 0.6) is 11.5 Å². The van der Waals surface area contributed by atoms with Crippen LogP contribution >= 0.6 is 0 Å². The highest BCUT2D eigenvalue weighted by Crippen LogP contribution is 2.24. The fourth-order valence-electron chi connectivity index (χ4n) is 2.64. The van der Waals surface area contributed by atoms with Crippen molar-refractivity contribution in [1.82, 2.24) is 0 Å². The molecule has 0 atom stereocenters. The van der Waals surface area contributed by atoms with Crippen LogP contribution in [0.3, 0.4) is 0 Å². The maximum absolute atomic E-state index is 5.92. The van der Waals surface area contributed by atoms with Gasteiger partial charge in [0.25, 0.3) is 0 Å². The van der Waals surface area contributed by atoms with E-state index < -0.39 is 0 Å². The predicted octanol–water partition coefficient (Wildman–Crippen LogP) is 5.25. The average Bonchev–Trinajstić information content (AvgIpc) is 2.61. The highest BCUT2D eigenvalue weighted by atomic mass is 16.5. The Bertz CT molecular complexity index is 797. The Morgan fingerprint density at radius 1 is 0.750 bits per heavy atom. The van der Waals surface area contributed by atoms with Gasteiger partial charge in [-0.3, -0.25) is 0 Å². The van der Waals surface area contributed by atoms with Crippen LogP contribution in [0.4, 0.5) is 5.69 Å². The van der Waals surface area contributed by atoms with Crippen molar-refractivity contribution in [3.05, 3.63) is 66.2 Å². The summed E-state index contributed by atoms with van der Waals surface area (Å²) in [5.41, 5.74) is 2.27. The molecule has 0 aromatic heterocycles. The van der Waals surface area contributed by atoms with Crippen LogP contribution in [0.1, 0.15) is 19.4 Å². The van der Waals surface area contributed by atoms with Gasteiger partial charge in [0, 0.05) is 12.2 Å². The molecule has 0 unspecified atom stereocenters. The first-order valence-corrected chi connectivity index (χ1v) is 8.40. The summed E-state index contributed by atoms with van der Waals surface area (Å²) in [7, 11) is 0. The lowest BCUT2D eigenvalue weighted by molar-refractivity contribution is 0.306. The first kappa shape index (κ1) is 16.2. The molecule has 24 heavy (non-hydrogen) atoms. The number of anilines is 1. The van der Waals surface area contributed by atoms with E-state index >= 15 is 0 Å². The minimum Gasteiger partial charge on any atom is -0.494 e. The average molecular weight is 321 g/mol. The summed E-state index contributed by atoms with van der Waals surface area (Å²) in [6.07, 6.45) is 0. The quantitative estimate of drug-likeness (QED) is 0.645. The number of ether oxygens (including phenoxy) is 2. The van der Waals surface area contributed by atoms with Gasteiger partial charge >= 0.3 is 0 Å². The molecule has 0 amide bonds. The molecule has 0 spiro atoms. The summed E-state index contributed by atoms with van der Waals surface area (Å²) in [4.78, 5) is 0. The Morgan fingerprint density at radius 3 is 2.21 bits per heavy atom. The van der Waals surface area contributed by atoms with Crippen LogP contribution in [0.15, 0.2) is 60.7 Å². The number of hydrogen-bond donors (Lipinski definition) is 1. The third-order valence-electron chi connectivity index (χ3n) is 3.83. The largest absolute Gasteiger partial charge is 0.494 e. The lowest BCUT2D eigenvalue weighted by Crippen LogP contribution is -1.97. The van der Waals surface area contributed by atoms with Gasteiger partial charge in [-0.2, -0.15) is 0 Å². The van der Waals surface area contributed by atoms with Crippen molar-refractivity contribution in [3.63, 3.8) is 0 Å². The van der Waals surface area contributed by atoms with Gasteiger partial charge in [0.05, 0.1) is 6.61 Å². The minimum atomic E-state index is 0.549. The highest BCUT2D eigenvalue weighted by Gasteiger charge is 2.01. The van der Waals surface area contributed by atoms with Gasteiger partial charge in [-0.05, 0) is 66.6 Å². The number of hydrogen-bond acceptors (Lipinski definition) is 3. The van der Waals surface area contributed by atoms with Crippen LogP contribution in [0.2, 0.25) is 0 Å². The van der Waals surface area contributed by atoms with Crippen LogP contribution in [-0.4, -0.2) is 13.2 Å². The zero-order valence-electron chi connectivity index (χ0n) is 14.2. The summed E-state index contributed by atoms with van der Waals surface area (Å²) >= 11 is 0. The van der Waals surface area contributed by atoms with Gasteiger partial charge in [-0.15, -0.1) is 0 Å². The maximum atomic E-state index is 5.92. The molecule has 0 aliphatic heterocycles. The summed E-state index contributed by atoms with van der Waals surface area (Å²) in [6, 6.07) is 20.6. The second-order valence-electron chi connectivity index (χ2n) is 5.62. The van der Waals surface area contributed by atoms with Crippen LogP contribution in [0.25, 0.3) is 10.8 Å². The molecule has 3 nitrogen and oxygen atoms in total. The standard InChI is InChI=1S/C21H23NO2/c1-3-22-19-9-7-18-14-21(12-8-17(18)13-19)24-15-16-5-10-20(11-6-16)23-4-2/h5-14,22H,3-4,15H2,1-2H3. The Morgan fingerprint density at radius 2 is 1.46 bits per heavy atom. The van der Waals surface area contributed by atoms with E-state index in [-0.39, 0.29) is 0 Å². The van der Waals surface area contributed by atoms with E-state index in [1.54, 1.807) is 0 Å². The molecular weight excluding hydrogens is 298 g/mol. The Kier molecular flexibility index (Phi) is 5.22. The zero-order valence-corrected chi connectivity index (χ0v) is 14.2. The summed E-state index contributed by atoms with van der Waals surface area (Å²) in [5.74, 6) is 1.77. The van der Waals surface area contributed by atoms with Crippen molar-refractivity contribution in [3.8, 4) is 11.5 Å². The van der Waals surface area contributed by atoms with Gasteiger partial charge in [-0.1, -0.05) is 24.3 Å². The first-order chi connectivity index (χ1) is 11.8. The number of rotatable bonds is 7. The molecule has 1 N–H and O–H groups in total. The monoisotopic (exact) mass is 321 g/mol. The minimum absolute atomic E-state index is 0.549. The fourth-order valence-corrected chi connectivity index (χ4v) is 2.64. The van der Waals surface area contributed by atoms with Crippen LogP contribution in [-0.2, 0) is 6.61 Å². The van der Waals surface area contributed by atoms with Gasteiger partial charge in [0.15, 0.2) is 0 Å². The lowest BCUT2D eigenvalue weighted by Gasteiger charge is -2.10. The third-order valence-corrected chi connectivity index (χ3v) is 3.83. The Balaban J connectivity index is 1.67. The molecule has 124 valence electrons. The van der Waals surface area contributed by atoms with Crippen molar-refractivity contribution in [2.24, 2.45) is 0 Å². The van der Waals surface area contributed by atoms with Crippen LogP contribution in [0, 0.1) is 0 Å². The summed E-state index contributed by atoms with van der Waals surface area (Å²) < 4.78 is 11.4. The molecule has 0 saturated heterocycles. The zero-order chi connectivity index (χ0) is 16.8. The fraction of sp³-hybridized carbons (Fsp3) is 0.238. The summed E-state index contributed by atoms with van der Waals surface area (Å²) in [6.45, 7) is 6.24. The maximum Gasteiger partial charge on any atom is 0.120 e. The van der Waals surface area contributed by atoms with E-state index in [1.807, 2.05) is 37.3 Å². The topological polar surface area (TPSA) is 30.5 Å². The Hall–Kier alpha value is -2.68. The molecule has 0 radical (unpaired) electrons. The molecule has 0 saturated carbocycles. The number of benzene rings is 3.